The second-order valence-corrected chi connectivity index (χ2v) is 11.7. The molecule has 3 N–H and O–H groups in total. The Hall–Kier alpha value is -4.35. The van der Waals surface area contributed by atoms with Gasteiger partial charge in [-0.15, -0.1) is 0 Å². The van der Waals surface area contributed by atoms with Gasteiger partial charge in [-0.2, -0.15) is 0 Å². The molecule has 0 spiro atoms. The molecule has 0 aliphatic carbocycles. The summed E-state index contributed by atoms with van der Waals surface area (Å²) in [4.78, 5) is 25.4. The Kier molecular flexibility index (Phi) is 10.5. The third-order valence-corrected chi connectivity index (χ3v) is 8.49. The van der Waals surface area contributed by atoms with Crippen molar-refractivity contribution >= 4 is 12.0 Å². The first-order valence-electron chi connectivity index (χ1n) is 16.0. The van der Waals surface area contributed by atoms with Crippen LogP contribution in [0.25, 0.3) is 11.1 Å². The van der Waals surface area contributed by atoms with Crippen molar-refractivity contribution in [3.8, 4) is 11.1 Å². The molecule has 0 radical (unpaired) electrons. The van der Waals surface area contributed by atoms with E-state index in [1.165, 1.54) is 0 Å². The summed E-state index contributed by atoms with van der Waals surface area (Å²) in [6.45, 7) is 7.27. The smallest absolute Gasteiger partial charge is 0.315 e. The number of carbonyl (C=O) groups is 1. The first-order valence-corrected chi connectivity index (χ1v) is 16.0. The molecule has 3 aromatic carbocycles. The van der Waals surface area contributed by atoms with Gasteiger partial charge in [-0.25, -0.2) is 14.8 Å². The number of aromatic nitrogens is 2. The predicted molar refractivity (Wildman–Crippen MR) is 177 cm³/mol. The minimum absolute atomic E-state index is 0.0101. The van der Waals surface area contributed by atoms with Crippen molar-refractivity contribution in [3.63, 3.8) is 0 Å². The van der Waals surface area contributed by atoms with Crippen LogP contribution >= 0.6 is 0 Å². The fraction of sp³-hybridized carbons (Fsp3) is 0.361. The van der Waals surface area contributed by atoms with Crippen molar-refractivity contribution < 1.29 is 19.4 Å². The van der Waals surface area contributed by atoms with Gasteiger partial charge in [-0.1, -0.05) is 60.7 Å². The van der Waals surface area contributed by atoms with Crippen molar-refractivity contribution in [2.45, 2.75) is 45.0 Å². The molecule has 1 aromatic heterocycles. The van der Waals surface area contributed by atoms with E-state index in [0.29, 0.717) is 13.1 Å². The average Bonchev–Trinajstić information content (AvgIpc) is 3.12. The largest absolute Gasteiger partial charge is 0.392 e. The molecule has 3 unspecified atom stereocenters. The van der Waals surface area contributed by atoms with Crippen molar-refractivity contribution in [3.05, 3.63) is 114 Å². The molecule has 10 nitrogen and oxygen atoms in total. The van der Waals surface area contributed by atoms with E-state index in [1.54, 1.807) is 12.4 Å². The molecule has 3 atom stereocenters. The van der Waals surface area contributed by atoms with Crippen LogP contribution in [-0.2, 0) is 22.6 Å². The molecule has 46 heavy (non-hydrogen) atoms. The van der Waals surface area contributed by atoms with Crippen LogP contribution in [0.1, 0.15) is 48.0 Å². The number of hydrogen-bond acceptors (Lipinski definition) is 8. The topological polar surface area (TPSA) is 112 Å². The minimum Gasteiger partial charge on any atom is -0.392 e. The molecule has 6 rings (SSSR count). The number of carbonyl (C=O) groups excluding carboxylic acids is 1. The lowest BCUT2D eigenvalue weighted by molar-refractivity contribution is -0.253. The molecule has 2 amide bonds. The van der Waals surface area contributed by atoms with E-state index < -0.39 is 6.29 Å². The second-order valence-electron chi connectivity index (χ2n) is 11.7. The predicted octanol–water partition coefficient (Wildman–Crippen LogP) is 4.82. The Labute approximate surface area is 270 Å². The summed E-state index contributed by atoms with van der Waals surface area (Å²) in [6, 6.07) is 26.2. The zero-order valence-electron chi connectivity index (χ0n) is 26.2. The highest BCUT2D eigenvalue weighted by molar-refractivity contribution is 5.74. The first-order chi connectivity index (χ1) is 22.6. The van der Waals surface area contributed by atoms with Gasteiger partial charge >= 0.3 is 6.03 Å². The Morgan fingerprint density at radius 2 is 1.59 bits per heavy atom. The van der Waals surface area contributed by atoms with E-state index >= 15 is 0 Å². The number of rotatable bonds is 10. The van der Waals surface area contributed by atoms with Gasteiger partial charge in [0.25, 0.3) is 0 Å². The summed E-state index contributed by atoms with van der Waals surface area (Å²) in [5.41, 5.74) is 6.03. The van der Waals surface area contributed by atoms with Crippen molar-refractivity contribution in [1.82, 2.24) is 25.5 Å². The van der Waals surface area contributed by atoms with Crippen LogP contribution in [0.15, 0.2) is 91.3 Å². The van der Waals surface area contributed by atoms with Gasteiger partial charge in [0.15, 0.2) is 6.29 Å². The fourth-order valence-corrected chi connectivity index (χ4v) is 6.04. The highest BCUT2D eigenvalue weighted by atomic mass is 16.7. The van der Waals surface area contributed by atoms with E-state index in [2.05, 4.69) is 60.7 Å². The lowest BCUT2D eigenvalue weighted by atomic mass is 9.98. The molecule has 2 aliphatic rings. The summed E-state index contributed by atoms with van der Waals surface area (Å²) in [5.74, 6) is 0.777. The summed E-state index contributed by atoms with van der Waals surface area (Å²) >= 11 is 0. The van der Waals surface area contributed by atoms with E-state index in [1.807, 2.05) is 55.5 Å². The number of amides is 2. The molecular weight excluding hydrogens is 580 g/mol. The van der Waals surface area contributed by atoms with E-state index in [-0.39, 0.29) is 24.8 Å². The summed E-state index contributed by atoms with van der Waals surface area (Å²) in [7, 11) is 0. The fourth-order valence-electron chi connectivity index (χ4n) is 6.04. The minimum atomic E-state index is -0.539. The Balaban J connectivity index is 1.18. The number of hydrogen-bond donors (Lipinski definition) is 3. The number of benzene rings is 3. The molecule has 3 heterocycles. The number of nitrogens with zero attached hydrogens (tertiary/aromatic N) is 4. The maximum atomic E-state index is 11.9. The van der Waals surface area contributed by atoms with Gasteiger partial charge in [0.1, 0.15) is 0 Å². The molecule has 240 valence electrons. The van der Waals surface area contributed by atoms with Crippen LogP contribution in [0, 0.1) is 0 Å². The molecule has 2 aliphatic heterocycles. The second kappa shape index (κ2) is 15.3. The van der Waals surface area contributed by atoms with Crippen molar-refractivity contribution in [2.24, 2.45) is 0 Å². The van der Waals surface area contributed by atoms with Crippen LogP contribution in [0.5, 0.6) is 0 Å². The maximum Gasteiger partial charge on any atom is 0.315 e. The van der Waals surface area contributed by atoms with Crippen LogP contribution in [0.4, 0.5) is 10.7 Å². The van der Waals surface area contributed by atoms with Crippen LogP contribution in [-0.4, -0.2) is 71.4 Å². The zero-order valence-corrected chi connectivity index (χ0v) is 26.2. The first kappa shape index (κ1) is 31.6. The van der Waals surface area contributed by atoms with Gasteiger partial charge in [-0.05, 0) is 52.9 Å². The number of piperazine rings is 1. The summed E-state index contributed by atoms with van der Waals surface area (Å²) in [6.07, 6.45) is 3.58. The third-order valence-electron chi connectivity index (χ3n) is 8.49. The normalized spacial score (nSPS) is 20.3. The molecule has 4 aromatic rings. The summed E-state index contributed by atoms with van der Waals surface area (Å²) < 4.78 is 13.3. The standard InChI is InChI=1S/C36H42N6O4/c1-2-37-36(44)40-23-27-6-3-7-29(20-27)30-8-4-9-31(21-30)34-45-32(22-33(46-34)28-12-10-26(25-43)11-13-28)24-41-16-18-42(19-17-41)35-38-14-5-15-39-35/h3-15,20-21,32-34,43H,2,16-19,22-25H2,1H3,(H2,37,40,44). The van der Waals surface area contributed by atoms with Gasteiger partial charge in [0.05, 0.1) is 18.8 Å². The zero-order chi connectivity index (χ0) is 31.7. The van der Waals surface area contributed by atoms with Crippen LogP contribution < -0.4 is 15.5 Å². The van der Waals surface area contributed by atoms with Gasteiger partial charge in [-0.3, -0.25) is 4.90 Å². The number of nitrogens with one attached hydrogen (secondary N) is 2. The van der Waals surface area contributed by atoms with Crippen LogP contribution in [0.3, 0.4) is 0 Å². The Bertz CT molecular complexity index is 1560. The lowest BCUT2D eigenvalue weighted by Gasteiger charge is -2.40. The Morgan fingerprint density at radius 3 is 2.33 bits per heavy atom. The van der Waals surface area contributed by atoms with Gasteiger partial charge < -0.3 is 30.1 Å². The van der Waals surface area contributed by atoms with E-state index in [0.717, 1.165) is 78.5 Å². The Morgan fingerprint density at radius 1 is 0.848 bits per heavy atom. The highest BCUT2D eigenvalue weighted by Crippen LogP contribution is 2.39. The van der Waals surface area contributed by atoms with E-state index in [9.17, 15) is 9.90 Å². The van der Waals surface area contributed by atoms with E-state index in [4.69, 9.17) is 9.47 Å². The quantitative estimate of drug-likeness (QED) is 0.231. The highest BCUT2D eigenvalue weighted by Gasteiger charge is 2.34. The number of ether oxygens (including phenoxy) is 2. The summed E-state index contributed by atoms with van der Waals surface area (Å²) in [5, 5.41) is 15.2. The number of aliphatic hydroxyl groups is 1. The lowest BCUT2D eigenvalue weighted by Crippen LogP contribution is -2.50. The van der Waals surface area contributed by atoms with Crippen molar-refractivity contribution in [1.29, 1.82) is 0 Å². The average molecular weight is 623 g/mol. The number of anilines is 1. The third kappa shape index (κ3) is 8.07. The SMILES string of the molecule is CCNC(=O)NCc1cccc(-c2cccc(C3OC(CN4CCN(c5ncccn5)CC4)CC(c4ccc(CO)cc4)O3)c2)c1. The maximum absolute atomic E-state index is 11.9. The number of aliphatic hydroxyl groups excluding tert-OH is 1. The van der Waals surface area contributed by atoms with Gasteiger partial charge in [0.2, 0.25) is 5.95 Å². The molecule has 2 saturated heterocycles. The van der Waals surface area contributed by atoms with Gasteiger partial charge in [0, 0.05) is 70.2 Å². The van der Waals surface area contributed by atoms with Crippen molar-refractivity contribution in [2.75, 3.05) is 44.2 Å². The molecule has 10 heteroatoms. The molecular formula is C36H42N6O4. The number of urea groups is 1. The molecule has 0 bridgehead atoms. The van der Waals surface area contributed by atoms with Crippen LogP contribution in [0.2, 0.25) is 0 Å². The molecule has 2 fully saturated rings. The monoisotopic (exact) mass is 622 g/mol. The molecule has 0 saturated carbocycles.